The van der Waals surface area contributed by atoms with E-state index in [1.807, 2.05) is 27.7 Å². The number of carbonyl (C=O) groups is 3. The summed E-state index contributed by atoms with van der Waals surface area (Å²) in [5, 5.41) is 15.5. The summed E-state index contributed by atoms with van der Waals surface area (Å²) in [6, 6.07) is -1.46. The minimum absolute atomic E-state index is 0. The van der Waals surface area contributed by atoms with E-state index >= 15 is 0 Å². The second kappa shape index (κ2) is 15.2. The lowest BCUT2D eigenvalue weighted by Crippen LogP contribution is -2.52. The largest absolute Gasteiger partial charge is 0.390 e. The van der Waals surface area contributed by atoms with Gasteiger partial charge in [-0.25, -0.2) is 4.98 Å². The molecule has 9 nitrogen and oxygen atoms in total. The molecule has 11 heteroatoms. The van der Waals surface area contributed by atoms with Crippen LogP contribution in [0.4, 0.5) is 0 Å². The lowest BCUT2D eigenvalue weighted by atomic mass is 9.96. The Labute approximate surface area is 190 Å². The third kappa shape index (κ3) is 12.1. The first kappa shape index (κ1) is 30.5. The topological polar surface area (TPSA) is 150 Å². The Morgan fingerprint density at radius 1 is 1.10 bits per heavy atom. The normalized spacial score (nSPS) is 13.6. The molecule has 1 rings (SSSR count). The molecule has 0 saturated carbocycles. The van der Waals surface area contributed by atoms with Crippen molar-refractivity contribution in [2.24, 2.45) is 17.6 Å². The van der Waals surface area contributed by atoms with E-state index < -0.39 is 30.0 Å². The first-order valence-corrected chi connectivity index (χ1v) is 9.62. The summed E-state index contributed by atoms with van der Waals surface area (Å²) in [6.07, 6.45) is 2.67. The molecule has 3 atom stereocenters. The van der Waals surface area contributed by atoms with Gasteiger partial charge in [0.15, 0.2) is 0 Å². The first-order valence-electron chi connectivity index (χ1n) is 9.62. The van der Waals surface area contributed by atoms with E-state index in [1.54, 1.807) is 6.20 Å². The number of rotatable bonds is 11. The number of aliphatic hydroxyl groups is 1. The molecular formula is C19H35Cl2N5O4. The van der Waals surface area contributed by atoms with Gasteiger partial charge < -0.3 is 21.1 Å². The number of nitrogens with zero attached hydrogens (tertiary/aromatic N) is 1. The number of halogens is 2. The summed E-state index contributed by atoms with van der Waals surface area (Å²) >= 11 is 0. The van der Waals surface area contributed by atoms with Crippen LogP contribution in [0.5, 0.6) is 0 Å². The van der Waals surface area contributed by atoms with E-state index in [0.29, 0.717) is 6.42 Å². The molecule has 0 fully saturated rings. The van der Waals surface area contributed by atoms with Crippen LogP contribution in [-0.2, 0) is 20.8 Å². The summed E-state index contributed by atoms with van der Waals surface area (Å²) < 4.78 is 0. The van der Waals surface area contributed by atoms with Gasteiger partial charge in [-0.2, -0.15) is 0 Å². The van der Waals surface area contributed by atoms with E-state index in [9.17, 15) is 19.5 Å². The fourth-order valence-electron chi connectivity index (χ4n) is 2.80. The third-order valence-electron chi connectivity index (χ3n) is 4.12. The number of aromatic nitrogens is 2. The number of imidazole rings is 1. The Bertz CT molecular complexity index is 641. The molecule has 0 unspecified atom stereocenters. The molecule has 0 aliphatic carbocycles. The molecule has 174 valence electrons. The van der Waals surface area contributed by atoms with Crippen molar-refractivity contribution in [3.05, 3.63) is 18.2 Å². The van der Waals surface area contributed by atoms with E-state index in [2.05, 4.69) is 20.6 Å². The number of amides is 3. The highest BCUT2D eigenvalue weighted by Crippen LogP contribution is 2.12. The van der Waals surface area contributed by atoms with Crippen LogP contribution in [0.1, 0.15) is 52.7 Å². The van der Waals surface area contributed by atoms with Crippen molar-refractivity contribution in [2.75, 3.05) is 0 Å². The number of aromatic amines is 1. The Morgan fingerprint density at radius 2 is 1.70 bits per heavy atom. The summed E-state index contributed by atoms with van der Waals surface area (Å²) in [6.45, 7) is 7.64. The molecule has 0 radical (unpaired) electrons. The number of nitrogens with two attached hydrogens (primary N) is 1. The SMILES string of the molecule is CC(C)CC(=O)NC(=O)C[C@H](O)[C@H](CC(C)C)NC(=O)[C@@H](N)Cc1cnc[nH]1.Cl.Cl. The van der Waals surface area contributed by atoms with Crippen LogP contribution in [0, 0.1) is 11.8 Å². The standard InChI is InChI=1S/C19H33N5O4.2ClH/c1-11(2)5-15(16(25)8-18(27)24-17(26)6-12(3)4)23-19(28)14(20)7-13-9-21-10-22-13;;/h9-12,14-16,25H,5-8,20H2,1-4H3,(H,21,22)(H,23,28)(H,24,26,27);2*1H/t14-,15-,16-;;/m0../s1. The Balaban J connectivity index is 0. The predicted molar refractivity (Wildman–Crippen MR) is 119 cm³/mol. The maximum Gasteiger partial charge on any atom is 0.237 e. The van der Waals surface area contributed by atoms with Crippen molar-refractivity contribution >= 4 is 42.5 Å². The summed E-state index contributed by atoms with van der Waals surface area (Å²) in [4.78, 5) is 42.9. The zero-order valence-electron chi connectivity index (χ0n) is 17.9. The quantitative estimate of drug-likeness (QED) is 0.328. The Morgan fingerprint density at radius 3 is 2.20 bits per heavy atom. The molecule has 0 saturated heterocycles. The van der Waals surface area contributed by atoms with Gasteiger partial charge in [0.05, 0.1) is 30.9 Å². The molecule has 0 aliphatic heterocycles. The second-order valence-corrected chi connectivity index (χ2v) is 7.97. The third-order valence-corrected chi connectivity index (χ3v) is 4.12. The highest BCUT2D eigenvalue weighted by Gasteiger charge is 2.27. The molecule has 0 spiro atoms. The van der Waals surface area contributed by atoms with Crippen molar-refractivity contribution in [1.29, 1.82) is 0 Å². The maximum atomic E-state index is 12.4. The highest BCUT2D eigenvalue weighted by atomic mass is 35.5. The second-order valence-electron chi connectivity index (χ2n) is 7.97. The number of aliphatic hydroxyl groups excluding tert-OH is 1. The lowest BCUT2D eigenvalue weighted by molar-refractivity contribution is -0.133. The molecular weight excluding hydrogens is 433 g/mol. The van der Waals surface area contributed by atoms with Crippen LogP contribution in [0.2, 0.25) is 0 Å². The first-order chi connectivity index (χ1) is 13.1. The molecule has 1 aromatic rings. The molecule has 1 heterocycles. The average Bonchev–Trinajstić information content (AvgIpc) is 3.05. The molecule has 0 aliphatic rings. The Kier molecular flexibility index (Phi) is 15.4. The van der Waals surface area contributed by atoms with E-state index in [1.165, 1.54) is 6.33 Å². The van der Waals surface area contributed by atoms with Crippen molar-refractivity contribution in [1.82, 2.24) is 20.6 Å². The smallest absolute Gasteiger partial charge is 0.237 e. The predicted octanol–water partition coefficient (Wildman–Crippen LogP) is 1.09. The van der Waals surface area contributed by atoms with Crippen LogP contribution in [0.15, 0.2) is 12.5 Å². The number of carbonyl (C=O) groups excluding carboxylic acids is 3. The fraction of sp³-hybridized carbons (Fsp3) is 0.684. The van der Waals surface area contributed by atoms with Crippen LogP contribution in [0.3, 0.4) is 0 Å². The van der Waals surface area contributed by atoms with Gasteiger partial charge >= 0.3 is 0 Å². The summed E-state index contributed by atoms with van der Waals surface area (Å²) in [5.41, 5.74) is 6.66. The zero-order valence-corrected chi connectivity index (χ0v) is 19.5. The number of nitrogens with one attached hydrogen (secondary N) is 3. The molecule has 3 amide bonds. The zero-order chi connectivity index (χ0) is 21.3. The number of hydrogen-bond donors (Lipinski definition) is 5. The maximum absolute atomic E-state index is 12.4. The number of hydrogen-bond acceptors (Lipinski definition) is 6. The monoisotopic (exact) mass is 467 g/mol. The number of imide groups is 1. The van der Waals surface area contributed by atoms with Crippen LogP contribution >= 0.6 is 24.8 Å². The van der Waals surface area contributed by atoms with Crippen molar-refractivity contribution in [3.8, 4) is 0 Å². The summed E-state index contributed by atoms with van der Waals surface area (Å²) in [5.74, 6) is -1.06. The van der Waals surface area contributed by atoms with E-state index in [0.717, 1.165) is 5.69 Å². The van der Waals surface area contributed by atoms with Gasteiger partial charge in [-0.3, -0.25) is 19.7 Å². The minimum atomic E-state index is -1.13. The van der Waals surface area contributed by atoms with Gasteiger partial charge in [-0.1, -0.05) is 27.7 Å². The van der Waals surface area contributed by atoms with E-state index in [-0.39, 0.29) is 61.8 Å². The van der Waals surface area contributed by atoms with Crippen molar-refractivity contribution in [3.63, 3.8) is 0 Å². The van der Waals surface area contributed by atoms with Crippen LogP contribution < -0.4 is 16.4 Å². The van der Waals surface area contributed by atoms with Gasteiger partial charge in [-0.05, 0) is 18.3 Å². The van der Waals surface area contributed by atoms with E-state index in [4.69, 9.17) is 5.73 Å². The fourth-order valence-corrected chi connectivity index (χ4v) is 2.80. The molecule has 1 aromatic heterocycles. The van der Waals surface area contributed by atoms with Crippen LogP contribution in [0.25, 0.3) is 0 Å². The highest BCUT2D eigenvalue weighted by molar-refractivity contribution is 5.95. The molecule has 0 bridgehead atoms. The lowest BCUT2D eigenvalue weighted by Gasteiger charge is -2.26. The minimum Gasteiger partial charge on any atom is -0.390 e. The van der Waals surface area contributed by atoms with Crippen molar-refractivity contribution in [2.45, 2.75) is 71.6 Å². The molecule has 6 N–H and O–H groups in total. The van der Waals surface area contributed by atoms with Crippen molar-refractivity contribution < 1.29 is 19.5 Å². The average molecular weight is 468 g/mol. The Hall–Kier alpha value is -1.68. The van der Waals surface area contributed by atoms with Gasteiger partial charge in [0.2, 0.25) is 17.7 Å². The summed E-state index contributed by atoms with van der Waals surface area (Å²) in [7, 11) is 0. The van der Waals surface area contributed by atoms with Gasteiger partial charge in [0.25, 0.3) is 0 Å². The van der Waals surface area contributed by atoms with Crippen LogP contribution in [-0.4, -0.2) is 51.0 Å². The molecule has 0 aromatic carbocycles. The van der Waals surface area contributed by atoms with Gasteiger partial charge in [0.1, 0.15) is 0 Å². The van der Waals surface area contributed by atoms with Gasteiger partial charge in [-0.15, -0.1) is 24.8 Å². The number of H-pyrrole nitrogens is 1. The van der Waals surface area contributed by atoms with Gasteiger partial charge in [0, 0.05) is 24.7 Å². The molecule has 30 heavy (non-hydrogen) atoms.